The van der Waals surface area contributed by atoms with E-state index in [2.05, 4.69) is 25.9 Å². The summed E-state index contributed by atoms with van der Waals surface area (Å²) < 4.78 is 0.961. The Balaban J connectivity index is 2.61. The molecule has 1 aromatic carbocycles. The van der Waals surface area contributed by atoms with Crippen LogP contribution in [0.5, 0.6) is 0 Å². The van der Waals surface area contributed by atoms with Gasteiger partial charge in [-0.2, -0.15) is 0 Å². The molecule has 0 unspecified atom stereocenters. The van der Waals surface area contributed by atoms with E-state index in [9.17, 15) is 0 Å². The fourth-order valence-corrected chi connectivity index (χ4v) is 1.83. The minimum absolute atomic E-state index is 0.416. The zero-order valence-corrected chi connectivity index (χ0v) is 9.46. The van der Waals surface area contributed by atoms with Gasteiger partial charge < -0.3 is 0 Å². The summed E-state index contributed by atoms with van der Waals surface area (Å²) in [5.41, 5.74) is 1.65. The first-order chi connectivity index (χ1) is 6.79. The molecule has 1 aromatic heterocycles. The van der Waals surface area contributed by atoms with Gasteiger partial charge in [0.1, 0.15) is 5.69 Å². The fraction of sp³-hybridized carbons (Fsp3) is 0. The molecule has 2 nitrogen and oxygen atoms in total. The van der Waals surface area contributed by atoms with Crippen molar-refractivity contribution in [2.75, 3.05) is 0 Å². The van der Waals surface area contributed by atoms with Gasteiger partial charge in [-0.3, -0.25) is 4.98 Å². The summed E-state index contributed by atoms with van der Waals surface area (Å²) in [6.07, 6.45) is 3.20. The van der Waals surface area contributed by atoms with Gasteiger partial charge in [-0.05, 0) is 6.07 Å². The lowest BCUT2D eigenvalue weighted by Gasteiger charge is -2.03. The predicted octanol–water partition coefficient (Wildman–Crippen LogP) is 3.56. The van der Waals surface area contributed by atoms with Crippen LogP contribution < -0.4 is 0 Å². The molecule has 0 spiro atoms. The molecule has 0 N–H and O–H groups in total. The maximum Gasteiger partial charge on any atom is 0.155 e. The molecular formula is C10H6BrClN2. The smallest absolute Gasteiger partial charge is 0.155 e. The summed E-state index contributed by atoms with van der Waals surface area (Å²) in [5.74, 6) is 0. The van der Waals surface area contributed by atoms with E-state index >= 15 is 0 Å². The van der Waals surface area contributed by atoms with Crippen LogP contribution in [0.2, 0.25) is 5.15 Å². The average molecular weight is 270 g/mol. The van der Waals surface area contributed by atoms with E-state index in [1.807, 2.05) is 24.3 Å². The minimum Gasteiger partial charge on any atom is -0.251 e. The van der Waals surface area contributed by atoms with Crippen molar-refractivity contribution in [3.05, 3.63) is 46.3 Å². The summed E-state index contributed by atoms with van der Waals surface area (Å²) in [7, 11) is 0. The van der Waals surface area contributed by atoms with Gasteiger partial charge in [0.05, 0.1) is 0 Å². The van der Waals surface area contributed by atoms with Crippen molar-refractivity contribution >= 4 is 27.5 Å². The molecule has 70 valence electrons. The Labute approximate surface area is 95.1 Å². The standard InChI is InChI=1S/C10H6BrClN2/c11-8-4-2-1-3-7(8)9-10(12)14-6-5-13-9/h1-6H. The van der Waals surface area contributed by atoms with Crippen LogP contribution in [0.25, 0.3) is 11.3 Å². The average Bonchev–Trinajstić information content (AvgIpc) is 2.20. The highest BCUT2D eigenvalue weighted by atomic mass is 79.9. The molecule has 2 rings (SSSR count). The maximum atomic E-state index is 5.94. The Morgan fingerprint density at radius 3 is 2.50 bits per heavy atom. The molecule has 0 bridgehead atoms. The van der Waals surface area contributed by atoms with Crippen LogP contribution in [0.1, 0.15) is 0 Å². The van der Waals surface area contributed by atoms with Gasteiger partial charge in [-0.1, -0.05) is 45.7 Å². The third-order valence-electron chi connectivity index (χ3n) is 1.78. The van der Waals surface area contributed by atoms with Crippen LogP contribution in [-0.2, 0) is 0 Å². The number of benzene rings is 1. The van der Waals surface area contributed by atoms with E-state index in [4.69, 9.17) is 11.6 Å². The highest BCUT2D eigenvalue weighted by molar-refractivity contribution is 9.10. The second-order valence-electron chi connectivity index (χ2n) is 2.68. The Kier molecular flexibility index (Phi) is 2.79. The van der Waals surface area contributed by atoms with Gasteiger partial charge in [0.15, 0.2) is 5.15 Å². The van der Waals surface area contributed by atoms with Crippen LogP contribution in [0.4, 0.5) is 0 Å². The topological polar surface area (TPSA) is 25.8 Å². The highest BCUT2D eigenvalue weighted by Crippen LogP contribution is 2.29. The van der Waals surface area contributed by atoms with Gasteiger partial charge in [-0.15, -0.1) is 0 Å². The summed E-state index contributed by atoms with van der Waals surface area (Å²) in [6.45, 7) is 0. The number of halogens is 2. The number of hydrogen-bond donors (Lipinski definition) is 0. The van der Waals surface area contributed by atoms with Crippen molar-refractivity contribution in [3.63, 3.8) is 0 Å². The molecule has 0 saturated carbocycles. The van der Waals surface area contributed by atoms with Crippen LogP contribution >= 0.6 is 27.5 Å². The molecule has 1 heterocycles. The third-order valence-corrected chi connectivity index (χ3v) is 2.75. The minimum atomic E-state index is 0.416. The van der Waals surface area contributed by atoms with Crippen molar-refractivity contribution < 1.29 is 0 Å². The molecular weight excluding hydrogens is 263 g/mol. The lowest BCUT2D eigenvalue weighted by Crippen LogP contribution is -1.87. The van der Waals surface area contributed by atoms with Crippen molar-refractivity contribution in [2.24, 2.45) is 0 Å². The largest absolute Gasteiger partial charge is 0.251 e. The number of nitrogens with zero attached hydrogens (tertiary/aromatic N) is 2. The molecule has 2 aromatic rings. The monoisotopic (exact) mass is 268 g/mol. The molecule has 0 amide bonds. The van der Waals surface area contributed by atoms with Gasteiger partial charge in [0.25, 0.3) is 0 Å². The van der Waals surface area contributed by atoms with Crippen LogP contribution in [-0.4, -0.2) is 9.97 Å². The summed E-state index contributed by atoms with van der Waals surface area (Å²) in [6, 6.07) is 7.77. The quantitative estimate of drug-likeness (QED) is 0.791. The lowest BCUT2D eigenvalue weighted by atomic mass is 10.2. The van der Waals surface area contributed by atoms with Crippen LogP contribution in [0, 0.1) is 0 Å². The van der Waals surface area contributed by atoms with Gasteiger partial charge in [-0.25, -0.2) is 4.98 Å². The van der Waals surface area contributed by atoms with E-state index in [-0.39, 0.29) is 0 Å². The molecule has 0 saturated heterocycles. The Morgan fingerprint density at radius 2 is 1.79 bits per heavy atom. The zero-order chi connectivity index (χ0) is 9.97. The first-order valence-corrected chi connectivity index (χ1v) is 5.17. The Morgan fingerprint density at radius 1 is 1.07 bits per heavy atom. The zero-order valence-electron chi connectivity index (χ0n) is 7.11. The van der Waals surface area contributed by atoms with Gasteiger partial charge >= 0.3 is 0 Å². The molecule has 0 aliphatic carbocycles. The van der Waals surface area contributed by atoms with E-state index in [0.29, 0.717) is 10.8 Å². The van der Waals surface area contributed by atoms with Crippen LogP contribution in [0.15, 0.2) is 41.1 Å². The Hall–Kier alpha value is -0.930. The van der Waals surface area contributed by atoms with Gasteiger partial charge in [0, 0.05) is 22.4 Å². The first-order valence-electron chi connectivity index (χ1n) is 4.00. The van der Waals surface area contributed by atoms with Gasteiger partial charge in [0.2, 0.25) is 0 Å². The number of hydrogen-bond acceptors (Lipinski definition) is 2. The molecule has 4 heteroatoms. The van der Waals surface area contributed by atoms with Crippen molar-refractivity contribution in [1.29, 1.82) is 0 Å². The molecule has 14 heavy (non-hydrogen) atoms. The fourth-order valence-electron chi connectivity index (χ4n) is 1.15. The predicted molar refractivity (Wildman–Crippen MR) is 60.2 cm³/mol. The summed E-state index contributed by atoms with van der Waals surface area (Å²) in [5, 5.41) is 0.416. The second-order valence-corrected chi connectivity index (χ2v) is 3.89. The molecule has 0 radical (unpaired) electrons. The number of aromatic nitrogens is 2. The van der Waals surface area contributed by atoms with E-state index < -0.39 is 0 Å². The Bertz CT molecular complexity index is 416. The van der Waals surface area contributed by atoms with Crippen molar-refractivity contribution in [3.8, 4) is 11.3 Å². The number of rotatable bonds is 1. The molecule has 0 aliphatic rings. The summed E-state index contributed by atoms with van der Waals surface area (Å²) in [4.78, 5) is 8.16. The maximum absolute atomic E-state index is 5.94. The van der Waals surface area contributed by atoms with E-state index in [1.54, 1.807) is 12.4 Å². The SMILES string of the molecule is Clc1nccnc1-c1ccccc1Br. The van der Waals surface area contributed by atoms with E-state index in [1.165, 1.54) is 0 Å². The highest BCUT2D eigenvalue weighted by Gasteiger charge is 2.07. The molecule has 0 aliphatic heterocycles. The second kappa shape index (κ2) is 4.07. The third kappa shape index (κ3) is 1.79. The van der Waals surface area contributed by atoms with Crippen LogP contribution in [0.3, 0.4) is 0 Å². The van der Waals surface area contributed by atoms with Crippen molar-refractivity contribution in [1.82, 2.24) is 9.97 Å². The lowest BCUT2D eigenvalue weighted by molar-refractivity contribution is 1.20. The van der Waals surface area contributed by atoms with Crippen molar-refractivity contribution in [2.45, 2.75) is 0 Å². The molecule has 0 atom stereocenters. The van der Waals surface area contributed by atoms with E-state index in [0.717, 1.165) is 10.0 Å². The normalized spacial score (nSPS) is 10.1. The summed E-state index contributed by atoms with van der Waals surface area (Å²) >= 11 is 9.38. The first kappa shape index (κ1) is 9.62. The molecule has 0 fully saturated rings.